The standard InChI is InChI=1S/C9H15IO/c10-6-8-5-7-3-1-2-4-9(7)11-8/h7-9H,1-6H2/t7-,8?,9+/m0/s1. The molecule has 0 spiro atoms. The molecule has 1 saturated carbocycles. The van der Waals surface area contributed by atoms with E-state index in [4.69, 9.17) is 4.74 Å². The number of hydrogen-bond donors (Lipinski definition) is 0. The van der Waals surface area contributed by atoms with Gasteiger partial charge in [-0.2, -0.15) is 0 Å². The van der Waals surface area contributed by atoms with E-state index in [9.17, 15) is 0 Å². The van der Waals surface area contributed by atoms with Crippen LogP contribution in [0.3, 0.4) is 0 Å². The summed E-state index contributed by atoms with van der Waals surface area (Å²) >= 11 is 2.44. The van der Waals surface area contributed by atoms with Crippen LogP contribution < -0.4 is 0 Å². The highest BCUT2D eigenvalue weighted by Crippen LogP contribution is 2.37. The fraction of sp³-hybridized carbons (Fsp3) is 1.00. The number of rotatable bonds is 1. The molecule has 0 radical (unpaired) electrons. The average molecular weight is 266 g/mol. The van der Waals surface area contributed by atoms with E-state index in [2.05, 4.69) is 22.6 Å². The van der Waals surface area contributed by atoms with Gasteiger partial charge in [0.15, 0.2) is 0 Å². The molecule has 2 heteroatoms. The molecule has 1 aliphatic heterocycles. The lowest BCUT2D eigenvalue weighted by molar-refractivity contribution is 0.0302. The first kappa shape index (κ1) is 8.30. The molecule has 2 rings (SSSR count). The Morgan fingerprint density at radius 1 is 1.27 bits per heavy atom. The fourth-order valence-corrected chi connectivity index (χ4v) is 2.93. The quantitative estimate of drug-likeness (QED) is 0.524. The van der Waals surface area contributed by atoms with Gasteiger partial charge in [0.25, 0.3) is 0 Å². The molecule has 3 atom stereocenters. The maximum Gasteiger partial charge on any atom is 0.0671 e. The lowest BCUT2D eigenvalue weighted by atomic mass is 9.86. The molecule has 2 fully saturated rings. The molecule has 1 nitrogen and oxygen atoms in total. The van der Waals surface area contributed by atoms with Gasteiger partial charge in [0.05, 0.1) is 12.2 Å². The third kappa shape index (κ3) is 1.72. The molecule has 0 amide bonds. The van der Waals surface area contributed by atoms with Gasteiger partial charge in [-0.05, 0) is 25.2 Å². The van der Waals surface area contributed by atoms with E-state index in [1.807, 2.05) is 0 Å². The van der Waals surface area contributed by atoms with Crippen LogP contribution in [0.5, 0.6) is 0 Å². The van der Waals surface area contributed by atoms with Crippen molar-refractivity contribution in [2.75, 3.05) is 4.43 Å². The van der Waals surface area contributed by atoms with Crippen LogP contribution in [-0.4, -0.2) is 16.6 Å². The van der Waals surface area contributed by atoms with Gasteiger partial charge in [-0.3, -0.25) is 0 Å². The normalized spacial score (nSPS) is 43.9. The van der Waals surface area contributed by atoms with E-state index in [0.29, 0.717) is 12.2 Å². The van der Waals surface area contributed by atoms with Crippen molar-refractivity contribution in [3.05, 3.63) is 0 Å². The van der Waals surface area contributed by atoms with Crippen LogP contribution >= 0.6 is 22.6 Å². The van der Waals surface area contributed by atoms with Gasteiger partial charge in [0.1, 0.15) is 0 Å². The predicted octanol–water partition coefficient (Wildman–Crippen LogP) is 2.77. The molecule has 1 saturated heterocycles. The molecule has 1 aliphatic carbocycles. The molecule has 0 aromatic rings. The lowest BCUT2D eigenvalue weighted by Crippen LogP contribution is -2.20. The number of hydrogen-bond acceptors (Lipinski definition) is 1. The van der Waals surface area contributed by atoms with E-state index in [1.165, 1.54) is 36.5 Å². The molecule has 1 heterocycles. The highest BCUT2D eigenvalue weighted by molar-refractivity contribution is 14.1. The second kappa shape index (κ2) is 3.60. The Bertz CT molecular complexity index is 124. The Balaban J connectivity index is 1.92. The minimum Gasteiger partial charge on any atom is -0.374 e. The zero-order valence-electron chi connectivity index (χ0n) is 6.76. The monoisotopic (exact) mass is 266 g/mol. The second-order valence-corrected chi connectivity index (χ2v) is 4.61. The molecule has 0 aromatic carbocycles. The molecule has 0 bridgehead atoms. The number of ether oxygens (including phenoxy) is 1. The number of halogens is 1. The summed E-state index contributed by atoms with van der Waals surface area (Å²) in [5.74, 6) is 0.920. The number of alkyl halides is 1. The summed E-state index contributed by atoms with van der Waals surface area (Å²) in [5.41, 5.74) is 0. The van der Waals surface area contributed by atoms with Gasteiger partial charge >= 0.3 is 0 Å². The predicted molar refractivity (Wildman–Crippen MR) is 54.1 cm³/mol. The van der Waals surface area contributed by atoms with E-state index < -0.39 is 0 Å². The molecule has 0 aromatic heterocycles. The smallest absolute Gasteiger partial charge is 0.0671 e. The highest BCUT2D eigenvalue weighted by Gasteiger charge is 2.35. The average Bonchev–Trinajstić information content (AvgIpc) is 2.46. The van der Waals surface area contributed by atoms with Crippen molar-refractivity contribution in [2.45, 2.75) is 44.3 Å². The summed E-state index contributed by atoms with van der Waals surface area (Å²) in [6.07, 6.45) is 8.17. The molecule has 64 valence electrons. The Morgan fingerprint density at radius 2 is 2.09 bits per heavy atom. The first-order chi connectivity index (χ1) is 5.40. The van der Waals surface area contributed by atoms with Crippen LogP contribution in [0.2, 0.25) is 0 Å². The van der Waals surface area contributed by atoms with Crippen molar-refractivity contribution in [1.82, 2.24) is 0 Å². The summed E-state index contributed by atoms with van der Waals surface area (Å²) in [4.78, 5) is 0. The van der Waals surface area contributed by atoms with Crippen molar-refractivity contribution in [3.8, 4) is 0 Å². The van der Waals surface area contributed by atoms with E-state index in [1.54, 1.807) is 0 Å². The first-order valence-electron chi connectivity index (χ1n) is 4.61. The largest absolute Gasteiger partial charge is 0.374 e. The third-order valence-electron chi connectivity index (χ3n) is 2.94. The van der Waals surface area contributed by atoms with Crippen LogP contribution in [0.15, 0.2) is 0 Å². The first-order valence-corrected chi connectivity index (χ1v) is 6.14. The van der Waals surface area contributed by atoms with E-state index in [-0.39, 0.29) is 0 Å². The van der Waals surface area contributed by atoms with Crippen molar-refractivity contribution >= 4 is 22.6 Å². The molecule has 0 N–H and O–H groups in total. The van der Waals surface area contributed by atoms with Gasteiger partial charge in [-0.1, -0.05) is 35.4 Å². The summed E-state index contributed by atoms with van der Waals surface area (Å²) in [6, 6.07) is 0. The zero-order valence-corrected chi connectivity index (χ0v) is 8.92. The Kier molecular flexibility index (Phi) is 2.72. The molecule has 11 heavy (non-hydrogen) atoms. The van der Waals surface area contributed by atoms with Gasteiger partial charge in [-0.15, -0.1) is 0 Å². The fourth-order valence-electron chi connectivity index (χ4n) is 2.36. The topological polar surface area (TPSA) is 9.23 Å². The van der Waals surface area contributed by atoms with Crippen molar-refractivity contribution in [1.29, 1.82) is 0 Å². The van der Waals surface area contributed by atoms with Gasteiger partial charge in [0, 0.05) is 4.43 Å². The van der Waals surface area contributed by atoms with Crippen molar-refractivity contribution in [3.63, 3.8) is 0 Å². The van der Waals surface area contributed by atoms with Crippen LogP contribution in [0.1, 0.15) is 32.1 Å². The van der Waals surface area contributed by atoms with E-state index in [0.717, 1.165) is 5.92 Å². The Morgan fingerprint density at radius 3 is 2.82 bits per heavy atom. The van der Waals surface area contributed by atoms with Gasteiger partial charge < -0.3 is 4.74 Å². The van der Waals surface area contributed by atoms with E-state index >= 15 is 0 Å². The Hall–Kier alpha value is 0.690. The maximum atomic E-state index is 5.91. The lowest BCUT2D eigenvalue weighted by Gasteiger charge is -2.23. The van der Waals surface area contributed by atoms with Gasteiger partial charge in [-0.25, -0.2) is 0 Å². The Labute approximate surface area is 82.0 Å². The van der Waals surface area contributed by atoms with Crippen LogP contribution in [-0.2, 0) is 4.74 Å². The summed E-state index contributed by atoms with van der Waals surface area (Å²) in [7, 11) is 0. The molecule has 2 aliphatic rings. The van der Waals surface area contributed by atoms with Crippen molar-refractivity contribution in [2.24, 2.45) is 5.92 Å². The SMILES string of the molecule is ICC1C[C@@H]2CCCC[C@H]2O1. The third-order valence-corrected chi connectivity index (χ3v) is 3.93. The maximum absolute atomic E-state index is 5.91. The second-order valence-electron chi connectivity index (χ2n) is 3.73. The molecular formula is C9H15IO. The van der Waals surface area contributed by atoms with Crippen LogP contribution in [0, 0.1) is 5.92 Å². The summed E-state index contributed by atoms with van der Waals surface area (Å²) < 4.78 is 7.09. The molecular weight excluding hydrogens is 251 g/mol. The van der Waals surface area contributed by atoms with Crippen LogP contribution in [0.25, 0.3) is 0 Å². The molecule has 1 unspecified atom stereocenters. The highest BCUT2D eigenvalue weighted by atomic mass is 127. The summed E-state index contributed by atoms with van der Waals surface area (Å²) in [6.45, 7) is 0. The minimum atomic E-state index is 0.587. The number of fused-ring (bicyclic) bond motifs is 1. The minimum absolute atomic E-state index is 0.587. The summed E-state index contributed by atoms with van der Waals surface area (Å²) in [5, 5.41) is 0. The van der Waals surface area contributed by atoms with Gasteiger partial charge in [0.2, 0.25) is 0 Å². The van der Waals surface area contributed by atoms with Crippen LogP contribution in [0.4, 0.5) is 0 Å². The zero-order chi connectivity index (χ0) is 7.68. The van der Waals surface area contributed by atoms with Crippen molar-refractivity contribution < 1.29 is 4.74 Å².